The Balaban J connectivity index is 2.44. The molecule has 1 atom stereocenters. The maximum atomic E-state index is 11.8. The molecule has 1 aromatic carbocycles. The molecule has 0 aliphatic carbocycles. The first-order valence-corrected chi connectivity index (χ1v) is 7.97. The van der Waals surface area contributed by atoms with Gasteiger partial charge in [-0.15, -0.1) is 0 Å². The van der Waals surface area contributed by atoms with Crippen molar-refractivity contribution in [3.05, 3.63) is 34.9 Å². The number of hydrogen-bond donors (Lipinski definition) is 2. The van der Waals surface area contributed by atoms with E-state index in [-0.39, 0.29) is 12.1 Å². The summed E-state index contributed by atoms with van der Waals surface area (Å²) in [5.41, 5.74) is 3.38. The number of alkyl carbamates (subject to hydrolysis) is 1. The highest BCUT2D eigenvalue weighted by Gasteiger charge is 2.18. The molecule has 0 radical (unpaired) electrons. The number of benzene rings is 1. The van der Waals surface area contributed by atoms with Crippen LogP contribution < -0.4 is 10.6 Å². The van der Waals surface area contributed by atoms with Crippen LogP contribution in [-0.4, -0.2) is 24.3 Å². The molecule has 0 fully saturated rings. The molecule has 4 heteroatoms. The Morgan fingerprint density at radius 1 is 1.27 bits per heavy atom. The molecule has 0 aliphatic rings. The third-order valence-electron chi connectivity index (χ3n) is 3.42. The summed E-state index contributed by atoms with van der Waals surface area (Å²) in [6.07, 6.45) is 0.506. The highest BCUT2D eigenvalue weighted by Crippen LogP contribution is 2.10. The van der Waals surface area contributed by atoms with E-state index in [0.29, 0.717) is 0 Å². The van der Waals surface area contributed by atoms with Gasteiger partial charge in [0.05, 0.1) is 0 Å². The Morgan fingerprint density at radius 3 is 2.55 bits per heavy atom. The largest absolute Gasteiger partial charge is 0.444 e. The van der Waals surface area contributed by atoms with Gasteiger partial charge in [0.1, 0.15) is 5.60 Å². The number of carbonyl (C=O) groups excluding carboxylic acids is 1. The van der Waals surface area contributed by atoms with Gasteiger partial charge >= 0.3 is 6.09 Å². The highest BCUT2D eigenvalue weighted by molar-refractivity contribution is 5.68. The molecule has 0 bridgehead atoms. The Bertz CT molecular complexity index is 492. The van der Waals surface area contributed by atoms with Crippen molar-refractivity contribution in [2.75, 3.05) is 6.54 Å². The van der Waals surface area contributed by atoms with Gasteiger partial charge in [-0.1, -0.05) is 30.7 Å². The minimum absolute atomic E-state index is 0.0694. The van der Waals surface area contributed by atoms with Gasteiger partial charge in [0.15, 0.2) is 0 Å². The maximum absolute atomic E-state index is 11.8. The Kier molecular flexibility index (Phi) is 6.88. The lowest BCUT2D eigenvalue weighted by Gasteiger charge is -2.23. The van der Waals surface area contributed by atoms with E-state index in [4.69, 9.17) is 4.74 Å². The number of hydrogen-bond acceptors (Lipinski definition) is 3. The number of ether oxygens (including phenoxy) is 1. The van der Waals surface area contributed by atoms with Crippen LogP contribution in [0.4, 0.5) is 4.79 Å². The maximum Gasteiger partial charge on any atom is 0.407 e. The molecule has 22 heavy (non-hydrogen) atoms. The van der Waals surface area contributed by atoms with E-state index in [0.717, 1.165) is 19.5 Å². The van der Waals surface area contributed by atoms with Gasteiger partial charge in [-0.2, -0.15) is 0 Å². The molecular weight excluding hydrogens is 276 g/mol. The standard InChI is InChI=1S/C18H30N2O2/c1-7-16(20-17(21)22-18(4,5)6)12-19-11-15-10-13(2)8-9-14(15)3/h8-10,16,19H,7,11-12H2,1-6H3,(H,20,21). The summed E-state index contributed by atoms with van der Waals surface area (Å²) in [6.45, 7) is 13.4. The normalized spacial score (nSPS) is 12.8. The Hall–Kier alpha value is -1.55. The molecule has 0 aromatic heterocycles. The molecule has 1 rings (SSSR count). The molecular formula is C18H30N2O2. The summed E-state index contributed by atoms with van der Waals surface area (Å²) in [6, 6.07) is 6.53. The number of nitrogens with one attached hydrogen (secondary N) is 2. The molecule has 0 heterocycles. The van der Waals surface area contributed by atoms with Crippen LogP contribution >= 0.6 is 0 Å². The molecule has 1 unspecified atom stereocenters. The van der Waals surface area contributed by atoms with Crippen molar-refractivity contribution in [2.45, 2.75) is 66.2 Å². The molecule has 0 spiro atoms. The number of carbonyl (C=O) groups is 1. The topological polar surface area (TPSA) is 50.4 Å². The van der Waals surface area contributed by atoms with E-state index >= 15 is 0 Å². The van der Waals surface area contributed by atoms with E-state index < -0.39 is 5.60 Å². The summed E-state index contributed by atoms with van der Waals surface area (Å²) in [5.74, 6) is 0. The van der Waals surface area contributed by atoms with Crippen molar-refractivity contribution >= 4 is 6.09 Å². The summed E-state index contributed by atoms with van der Waals surface area (Å²) in [4.78, 5) is 11.8. The predicted molar refractivity (Wildman–Crippen MR) is 91.1 cm³/mol. The Labute approximate surface area is 134 Å². The fraction of sp³-hybridized carbons (Fsp3) is 0.611. The molecule has 124 valence electrons. The van der Waals surface area contributed by atoms with Crippen LogP contribution in [0.5, 0.6) is 0 Å². The van der Waals surface area contributed by atoms with Gasteiger partial charge < -0.3 is 15.4 Å². The van der Waals surface area contributed by atoms with Crippen LogP contribution in [0.1, 0.15) is 50.8 Å². The number of rotatable bonds is 6. The van der Waals surface area contributed by atoms with Crippen molar-refractivity contribution in [1.82, 2.24) is 10.6 Å². The molecule has 0 aliphatic heterocycles. The first-order chi connectivity index (χ1) is 10.2. The number of amides is 1. The van der Waals surface area contributed by atoms with Gasteiger partial charge in [-0.25, -0.2) is 4.79 Å². The van der Waals surface area contributed by atoms with Gasteiger partial charge in [-0.3, -0.25) is 0 Å². The molecule has 1 amide bonds. The van der Waals surface area contributed by atoms with Crippen LogP contribution in [0.15, 0.2) is 18.2 Å². The Morgan fingerprint density at radius 2 is 1.95 bits per heavy atom. The van der Waals surface area contributed by atoms with Crippen LogP contribution in [0.25, 0.3) is 0 Å². The zero-order valence-electron chi connectivity index (χ0n) is 14.7. The van der Waals surface area contributed by atoms with E-state index in [1.807, 2.05) is 20.8 Å². The van der Waals surface area contributed by atoms with Crippen molar-refractivity contribution in [3.63, 3.8) is 0 Å². The quantitative estimate of drug-likeness (QED) is 0.842. The highest BCUT2D eigenvalue weighted by atomic mass is 16.6. The van der Waals surface area contributed by atoms with Crippen molar-refractivity contribution in [3.8, 4) is 0 Å². The summed E-state index contributed by atoms with van der Waals surface area (Å²) >= 11 is 0. The van der Waals surface area contributed by atoms with Crippen molar-refractivity contribution in [2.24, 2.45) is 0 Å². The second kappa shape index (κ2) is 8.18. The zero-order chi connectivity index (χ0) is 16.8. The lowest BCUT2D eigenvalue weighted by molar-refractivity contribution is 0.0502. The number of aryl methyl sites for hydroxylation is 2. The SMILES string of the molecule is CCC(CNCc1cc(C)ccc1C)NC(=O)OC(C)(C)C. The average molecular weight is 306 g/mol. The van der Waals surface area contributed by atoms with Crippen LogP contribution in [0, 0.1) is 13.8 Å². The van der Waals surface area contributed by atoms with E-state index in [1.165, 1.54) is 16.7 Å². The first-order valence-electron chi connectivity index (χ1n) is 7.97. The van der Waals surface area contributed by atoms with E-state index in [9.17, 15) is 4.79 Å². The summed E-state index contributed by atoms with van der Waals surface area (Å²) in [7, 11) is 0. The predicted octanol–water partition coefficient (Wildman–Crippen LogP) is 3.70. The molecule has 1 aromatic rings. The minimum Gasteiger partial charge on any atom is -0.444 e. The average Bonchev–Trinajstić information content (AvgIpc) is 2.39. The van der Waals surface area contributed by atoms with E-state index in [2.05, 4.69) is 49.6 Å². The van der Waals surface area contributed by atoms with Gasteiger partial charge in [0.25, 0.3) is 0 Å². The lowest BCUT2D eigenvalue weighted by Crippen LogP contribution is -2.43. The lowest BCUT2D eigenvalue weighted by atomic mass is 10.1. The zero-order valence-corrected chi connectivity index (χ0v) is 14.7. The molecule has 0 saturated carbocycles. The van der Waals surface area contributed by atoms with Gasteiger partial charge in [0, 0.05) is 19.1 Å². The van der Waals surface area contributed by atoms with Crippen LogP contribution in [-0.2, 0) is 11.3 Å². The van der Waals surface area contributed by atoms with Crippen molar-refractivity contribution in [1.29, 1.82) is 0 Å². The molecule has 4 nitrogen and oxygen atoms in total. The third-order valence-corrected chi connectivity index (χ3v) is 3.42. The molecule has 2 N–H and O–H groups in total. The summed E-state index contributed by atoms with van der Waals surface area (Å²) in [5, 5.41) is 6.33. The van der Waals surface area contributed by atoms with Crippen LogP contribution in [0.3, 0.4) is 0 Å². The monoisotopic (exact) mass is 306 g/mol. The fourth-order valence-corrected chi connectivity index (χ4v) is 2.14. The third kappa shape index (κ3) is 6.94. The van der Waals surface area contributed by atoms with Gasteiger partial charge in [0.2, 0.25) is 0 Å². The van der Waals surface area contributed by atoms with E-state index in [1.54, 1.807) is 0 Å². The van der Waals surface area contributed by atoms with Crippen LogP contribution in [0.2, 0.25) is 0 Å². The minimum atomic E-state index is -0.464. The first kappa shape index (κ1) is 18.5. The van der Waals surface area contributed by atoms with Crippen molar-refractivity contribution < 1.29 is 9.53 Å². The summed E-state index contributed by atoms with van der Waals surface area (Å²) < 4.78 is 5.29. The molecule has 0 saturated heterocycles. The van der Waals surface area contributed by atoms with Gasteiger partial charge in [-0.05, 0) is 52.2 Å². The smallest absolute Gasteiger partial charge is 0.407 e. The fourth-order valence-electron chi connectivity index (χ4n) is 2.14. The second-order valence-corrected chi connectivity index (χ2v) is 6.81. The second-order valence-electron chi connectivity index (χ2n) is 6.81.